The monoisotopic (exact) mass is 473 g/mol. The second kappa shape index (κ2) is 9.30. The van der Waals surface area contributed by atoms with Crippen LogP contribution >= 0.6 is 23.2 Å². The van der Waals surface area contributed by atoms with Gasteiger partial charge in [-0.1, -0.05) is 29.6 Å². The van der Waals surface area contributed by atoms with Crippen molar-refractivity contribution < 1.29 is 14.3 Å². The van der Waals surface area contributed by atoms with Gasteiger partial charge in [-0.25, -0.2) is 9.78 Å². The van der Waals surface area contributed by atoms with E-state index < -0.39 is 18.0 Å². The number of nitrogens with one attached hydrogen (secondary N) is 1. The first-order valence-corrected chi connectivity index (χ1v) is 11.1. The van der Waals surface area contributed by atoms with E-state index in [4.69, 9.17) is 27.9 Å². The fraction of sp³-hybridized carbons (Fsp3) is 0.304. The van der Waals surface area contributed by atoms with Gasteiger partial charge in [0.25, 0.3) is 11.5 Å². The summed E-state index contributed by atoms with van der Waals surface area (Å²) in [4.78, 5) is 42.5. The number of aryl methyl sites for hydroxylation is 1. The third-order valence-electron chi connectivity index (χ3n) is 5.34. The van der Waals surface area contributed by atoms with Gasteiger partial charge in [0.05, 0.1) is 16.5 Å². The lowest BCUT2D eigenvalue weighted by Gasteiger charge is -2.14. The number of fused-ring (bicyclic) bond motifs is 2. The largest absolute Gasteiger partial charge is 0.449 e. The van der Waals surface area contributed by atoms with Crippen LogP contribution in [0.1, 0.15) is 42.4 Å². The molecule has 166 valence electrons. The average molecular weight is 474 g/mol. The number of carbonyl (C=O) groups excluding carboxylic acids is 2. The van der Waals surface area contributed by atoms with Crippen molar-refractivity contribution in [3.05, 3.63) is 68.2 Å². The van der Waals surface area contributed by atoms with Crippen LogP contribution in [-0.2, 0) is 22.5 Å². The second-order valence-corrected chi connectivity index (χ2v) is 8.60. The zero-order chi connectivity index (χ0) is 22.8. The topological polar surface area (TPSA) is 90.3 Å². The summed E-state index contributed by atoms with van der Waals surface area (Å²) in [6.07, 6.45) is 2.64. The Labute approximate surface area is 194 Å². The molecule has 2 heterocycles. The highest BCUT2D eigenvalue weighted by molar-refractivity contribution is 6.35. The zero-order valence-corrected chi connectivity index (χ0v) is 18.9. The van der Waals surface area contributed by atoms with Gasteiger partial charge in [0.2, 0.25) is 0 Å². The molecule has 1 atom stereocenters. The van der Waals surface area contributed by atoms with Crippen molar-refractivity contribution in [2.45, 2.75) is 45.3 Å². The van der Waals surface area contributed by atoms with Crippen molar-refractivity contribution >= 4 is 51.7 Å². The van der Waals surface area contributed by atoms with Crippen molar-refractivity contribution in [3.8, 4) is 0 Å². The molecule has 0 spiro atoms. The molecule has 1 N–H and O–H groups in total. The van der Waals surface area contributed by atoms with Gasteiger partial charge >= 0.3 is 5.97 Å². The number of carbonyl (C=O) groups is 2. The molecule has 1 aliphatic rings. The van der Waals surface area contributed by atoms with Crippen LogP contribution in [0.3, 0.4) is 0 Å². The summed E-state index contributed by atoms with van der Waals surface area (Å²) in [6, 6.07) is 9.25. The molecule has 0 aliphatic carbocycles. The predicted octanol–water partition coefficient (Wildman–Crippen LogP) is 4.61. The van der Waals surface area contributed by atoms with Crippen LogP contribution in [-0.4, -0.2) is 27.5 Å². The Morgan fingerprint density at radius 3 is 2.59 bits per heavy atom. The maximum Gasteiger partial charge on any atom is 0.338 e. The van der Waals surface area contributed by atoms with Gasteiger partial charge < -0.3 is 10.1 Å². The Bertz CT molecular complexity index is 1250. The van der Waals surface area contributed by atoms with Crippen LogP contribution < -0.4 is 10.9 Å². The van der Waals surface area contributed by atoms with Crippen LogP contribution in [0.5, 0.6) is 0 Å². The van der Waals surface area contributed by atoms with Gasteiger partial charge in [-0.15, -0.1) is 0 Å². The number of anilines is 1. The molecule has 1 aliphatic heterocycles. The summed E-state index contributed by atoms with van der Waals surface area (Å²) in [5, 5.41) is 3.81. The van der Waals surface area contributed by atoms with E-state index in [0.29, 0.717) is 33.2 Å². The molecule has 0 saturated carbocycles. The van der Waals surface area contributed by atoms with Crippen molar-refractivity contribution in [2.75, 3.05) is 5.32 Å². The van der Waals surface area contributed by atoms with Crippen LogP contribution in [0.25, 0.3) is 10.9 Å². The Hall–Kier alpha value is -2.90. The number of nitrogens with zero attached hydrogens (tertiary/aromatic N) is 2. The van der Waals surface area contributed by atoms with Crippen LogP contribution in [0.15, 0.2) is 41.2 Å². The molecule has 0 radical (unpaired) electrons. The van der Waals surface area contributed by atoms with Gasteiger partial charge in [0.15, 0.2) is 6.10 Å². The van der Waals surface area contributed by atoms with Crippen molar-refractivity contribution in [1.29, 1.82) is 0 Å². The van der Waals surface area contributed by atoms with E-state index in [2.05, 4.69) is 10.3 Å². The first-order valence-electron chi connectivity index (χ1n) is 10.3. The van der Waals surface area contributed by atoms with Crippen LogP contribution in [0, 0.1) is 0 Å². The van der Waals surface area contributed by atoms with E-state index in [1.165, 1.54) is 31.2 Å². The summed E-state index contributed by atoms with van der Waals surface area (Å²) in [7, 11) is 0. The maximum absolute atomic E-state index is 12.8. The fourth-order valence-corrected chi connectivity index (χ4v) is 4.22. The smallest absolute Gasteiger partial charge is 0.338 e. The quantitative estimate of drug-likeness (QED) is 0.558. The van der Waals surface area contributed by atoms with E-state index in [-0.39, 0.29) is 11.1 Å². The number of rotatable bonds is 4. The zero-order valence-electron chi connectivity index (χ0n) is 17.4. The molecule has 3 aromatic rings. The van der Waals surface area contributed by atoms with Crippen LogP contribution in [0.4, 0.5) is 5.69 Å². The Morgan fingerprint density at radius 1 is 1.09 bits per heavy atom. The number of halogens is 2. The molecule has 1 aromatic heterocycles. The number of hydrogen-bond acceptors (Lipinski definition) is 5. The van der Waals surface area contributed by atoms with Crippen LogP contribution in [0.2, 0.25) is 10.0 Å². The summed E-state index contributed by atoms with van der Waals surface area (Å²) in [6.45, 7) is 2.12. The lowest BCUT2D eigenvalue weighted by Crippen LogP contribution is -2.30. The maximum atomic E-state index is 12.8. The molecule has 9 heteroatoms. The summed E-state index contributed by atoms with van der Waals surface area (Å²) < 4.78 is 7.04. The number of amides is 1. The third kappa shape index (κ3) is 4.79. The second-order valence-electron chi connectivity index (χ2n) is 7.72. The normalized spacial score (nSPS) is 14.3. The van der Waals surface area contributed by atoms with Crippen molar-refractivity contribution in [1.82, 2.24) is 9.55 Å². The fourth-order valence-electron chi connectivity index (χ4n) is 3.70. The van der Waals surface area contributed by atoms with Gasteiger partial charge in [0.1, 0.15) is 5.82 Å². The molecule has 2 aromatic carbocycles. The Kier molecular flexibility index (Phi) is 6.48. The number of benzene rings is 2. The molecular weight excluding hydrogens is 453 g/mol. The Balaban J connectivity index is 1.51. The van der Waals surface area contributed by atoms with Crippen molar-refractivity contribution in [2.24, 2.45) is 0 Å². The standard InChI is InChI=1S/C23H21Cl2N3O4/c1-13(21(29)26-17-11-15(24)10-16(25)12-17)32-23(31)14-6-7-18-19(9-14)27-20-5-3-2-4-8-28(20)22(18)30/h6-7,9-13H,2-5,8H2,1H3,(H,26,29). The SMILES string of the molecule is CC(OC(=O)c1ccc2c(=O)n3c(nc2c1)CCCCC3)C(=O)Nc1cc(Cl)cc(Cl)c1. The number of ether oxygens (including phenoxy) is 1. The number of esters is 1. The minimum atomic E-state index is -1.07. The molecule has 0 fully saturated rings. The predicted molar refractivity (Wildman–Crippen MR) is 124 cm³/mol. The lowest BCUT2D eigenvalue weighted by atomic mass is 10.1. The van der Waals surface area contributed by atoms with Gasteiger partial charge in [0, 0.05) is 28.7 Å². The summed E-state index contributed by atoms with van der Waals surface area (Å²) in [5.41, 5.74) is 0.961. The average Bonchev–Trinajstić information content (AvgIpc) is 2.98. The third-order valence-corrected chi connectivity index (χ3v) is 5.77. The van der Waals surface area contributed by atoms with E-state index in [1.807, 2.05) is 0 Å². The van der Waals surface area contributed by atoms with E-state index in [1.54, 1.807) is 16.7 Å². The molecule has 1 amide bonds. The molecular formula is C23H21Cl2N3O4. The Morgan fingerprint density at radius 2 is 1.84 bits per heavy atom. The van der Waals surface area contributed by atoms with Crippen molar-refractivity contribution in [3.63, 3.8) is 0 Å². The van der Waals surface area contributed by atoms with Gasteiger partial charge in [-0.2, -0.15) is 0 Å². The molecule has 4 rings (SSSR count). The first-order chi connectivity index (χ1) is 15.3. The van der Waals surface area contributed by atoms with E-state index in [9.17, 15) is 14.4 Å². The minimum Gasteiger partial charge on any atom is -0.449 e. The number of aromatic nitrogens is 2. The summed E-state index contributed by atoms with van der Waals surface area (Å²) >= 11 is 11.9. The molecule has 32 heavy (non-hydrogen) atoms. The molecule has 7 nitrogen and oxygen atoms in total. The number of hydrogen-bond donors (Lipinski definition) is 1. The molecule has 0 bridgehead atoms. The van der Waals surface area contributed by atoms with Gasteiger partial charge in [-0.3, -0.25) is 14.2 Å². The van der Waals surface area contributed by atoms with E-state index in [0.717, 1.165) is 31.5 Å². The highest BCUT2D eigenvalue weighted by atomic mass is 35.5. The lowest BCUT2D eigenvalue weighted by molar-refractivity contribution is -0.123. The van der Waals surface area contributed by atoms with Gasteiger partial charge in [-0.05, 0) is 56.2 Å². The molecule has 1 unspecified atom stereocenters. The highest BCUT2D eigenvalue weighted by Crippen LogP contribution is 2.23. The first kappa shape index (κ1) is 22.3. The summed E-state index contributed by atoms with van der Waals surface area (Å²) in [5.74, 6) is -0.479. The highest BCUT2D eigenvalue weighted by Gasteiger charge is 2.21. The minimum absolute atomic E-state index is 0.0975. The van der Waals surface area contributed by atoms with E-state index >= 15 is 0 Å². The molecule has 0 saturated heterocycles.